The van der Waals surface area contributed by atoms with E-state index < -0.39 is 17.0 Å². The van der Waals surface area contributed by atoms with Gasteiger partial charge in [-0.15, -0.1) is 0 Å². The lowest BCUT2D eigenvalue weighted by atomic mass is 9.92. The number of aliphatic carboxylic acids is 1. The predicted molar refractivity (Wildman–Crippen MR) is 127 cm³/mol. The van der Waals surface area contributed by atoms with Crippen molar-refractivity contribution in [2.24, 2.45) is 16.3 Å². The predicted octanol–water partition coefficient (Wildman–Crippen LogP) is 3.19. The molecule has 0 fully saturated rings. The number of nitrogens with zero attached hydrogens (tertiary/aromatic N) is 2. The molecule has 0 aliphatic rings. The number of carboxylic acid groups (broad SMARTS) is 1. The SMILES string of the molecule is CC(N=O)C(C)(C)NCCC(CCNC(=O)CCCC(=O)O)CCNC(C)(C)C(C)N=O. The third-order valence-corrected chi connectivity index (χ3v) is 6.34. The van der Waals surface area contributed by atoms with E-state index in [-0.39, 0.29) is 30.8 Å². The van der Waals surface area contributed by atoms with Gasteiger partial charge in [-0.05, 0) is 86.2 Å². The standard InChI is InChI=1S/C22H43N5O5/c1-16(26-31)21(3,4)24-14-11-18(12-15-25-22(5,6)17(2)27-32)10-13-23-19(28)8-7-9-20(29)30/h16-18,24-25H,7-15H2,1-6H3,(H,23,28)(H,29,30). The third-order valence-electron chi connectivity index (χ3n) is 6.34. The molecule has 0 saturated carbocycles. The molecule has 32 heavy (non-hydrogen) atoms. The Morgan fingerprint density at radius 3 is 1.66 bits per heavy atom. The number of nitrogens with one attached hydrogen (secondary N) is 3. The molecule has 0 aromatic heterocycles. The van der Waals surface area contributed by atoms with Crippen molar-refractivity contribution in [3.63, 3.8) is 0 Å². The number of rotatable bonds is 19. The summed E-state index contributed by atoms with van der Waals surface area (Å²) in [7, 11) is 0. The van der Waals surface area contributed by atoms with Crippen molar-refractivity contribution in [3.8, 4) is 0 Å². The molecule has 2 unspecified atom stereocenters. The Bertz CT molecular complexity index is 565. The lowest BCUT2D eigenvalue weighted by Crippen LogP contribution is -2.48. The van der Waals surface area contributed by atoms with Gasteiger partial charge in [-0.1, -0.05) is 10.4 Å². The maximum Gasteiger partial charge on any atom is 0.303 e. The topological polar surface area (TPSA) is 149 Å². The molecule has 0 aliphatic heterocycles. The highest BCUT2D eigenvalue weighted by molar-refractivity contribution is 5.76. The highest BCUT2D eigenvalue weighted by Gasteiger charge is 2.27. The molecule has 10 nitrogen and oxygen atoms in total. The van der Waals surface area contributed by atoms with Gasteiger partial charge in [0, 0.05) is 30.5 Å². The van der Waals surface area contributed by atoms with Gasteiger partial charge >= 0.3 is 5.97 Å². The number of nitroso groups, excluding NO2 is 2. The van der Waals surface area contributed by atoms with E-state index in [2.05, 4.69) is 26.3 Å². The number of amides is 1. The first-order valence-electron chi connectivity index (χ1n) is 11.5. The summed E-state index contributed by atoms with van der Waals surface area (Å²) in [5.41, 5.74) is -0.814. The minimum absolute atomic E-state index is 0.0128. The molecule has 0 heterocycles. The molecule has 0 aromatic carbocycles. The van der Waals surface area contributed by atoms with Gasteiger partial charge in [0.15, 0.2) is 0 Å². The van der Waals surface area contributed by atoms with Gasteiger partial charge in [0.25, 0.3) is 0 Å². The first-order valence-corrected chi connectivity index (χ1v) is 11.5. The van der Waals surface area contributed by atoms with Crippen molar-refractivity contribution in [2.75, 3.05) is 19.6 Å². The molecular formula is C22H43N5O5. The highest BCUT2D eigenvalue weighted by atomic mass is 16.4. The maximum atomic E-state index is 11.9. The van der Waals surface area contributed by atoms with Crippen LogP contribution < -0.4 is 16.0 Å². The van der Waals surface area contributed by atoms with Crippen molar-refractivity contribution < 1.29 is 14.7 Å². The Hall–Kier alpha value is -1.94. The molecule has 0 rings (SSSR count). The quantitative estimate of drug-likeness (QED) is 0.218. The van der Waals surface area contributed by atoms with Crippen molar-refractivity contribution in [1.82, 2.24) is 16.0 Å². The Kier molecular flexibility index (Phi) is 14.1. The minimum Gasteiger partial charge on any atom is -0.481 e. The second-order valence-electron chi connectivity index (χ2n) is 9.69. The molecule has 0 aromatic rings. The zero-order valence-corrected chi connectivity index (χ0v) is 20.6. The fraction of sp³-hybridized carbons (Fsp3) is 0.909. The first kappa shape index (κ1) is 30.1. The largest absolute Gasteiger partial charge is 0.481 e. The van der Waals surface area contributed by atoms with E-state index in [0.29, 0.717) is 32.0 Å². The number of hydrogen-bond acceptors (Lipinski definition) is 8. The van der Waals surface area contributed by atoms with Crippen LogP contribution in [0.3, 0.4) is 0 Å². The molecule has 0 bridgehead atoms. The van der Waals surface area contributed by atoms with Crippen LogP contribution in [-0.2, 0) is 9.59 Å². The summed E-state index contributed by atoms with van der Waals surface area (Å²) in [5, 5.41) is 24.6. The summed E-state index contributed by atoms with van der Waals surface area (Å²) >= 11 is 0. The fourth-order valence-electron chi connectivity index (χ4n) is 3.09. The van der Waals surface area contributed by atoms with Crippen molar-refractivity contribution in [3.05, 3.63) is 9.81 Å². The van der Waals surface area contributed by atoms with Crippen molar-refractivity contribution in [2.45, 2.75) is 103 Å². The van der Waals surface area contributed by atoms with Gasteiger partial charge in [-0.25, -0.2) is 0 Å². The van der Waals surface area contributed by atoms with Crippen LogP contribution in [0.1, 0.15) is 80.1 Å². The maximum absolute atomic E-state index is 11.9. The summed E-state index contributed by atoms with van der Waals surface area (Å²) in [6.45, 7) is 13.3. The average molecular weight is 458 g/mol. The average Bonchev–Trinajstić information content (AvgIpc) is 2.71. The monoisotopic (exact) mass is 457 g/mol. The molecule has 4 N–H and O–H groups in total. The van der Waals surface area contributed by atoms with Crippen LogP contribution in [0.15, 0.2) is 10.4 Å². The van der Waals surface area contributed by atoms with Gasteiger partial charge in [0.05, 0.1) is 0 Å². The van der Waals surface area contributed by atoms with Crippen LogP contribution in [0.25, 0.3) is 0 Å². The van der Waals surface area contributed by atoms with Crippen LogP contribution in [0.4, 0.5) is 0 Å². The van der Waals surface area contributed by atoms with Crippen LogP contribution >= 0.6 is 0 Å². The van der Waals surface area contributed by atoms with E-state index in [0.717, 1.165) is 19.3 Å². The van der Waals surface area contributed by atoms with Crippen LogP contribution in [-0.4, -0.2) is 59.8 Å². The van der Waals surface area contributed by atoms with Gasteiger partial charge in [0.2, 0.25) is 5.91 Å². The molecule has 0 radical (unpaired) electrons. The molecular weight excluding hydrogens is 414 g/mol. The van der Waals surface area contributed by atoms with E-state index in [1.807, 2.05) is 27.7 Å². The first-order chi connectivity index (χ1) is 14.9. The van der Waals surface area contributed by atoms with Gasteiger partial charge < -0.3 is 21.1 Å². The Morgan fingerprint density at radius 2 is 1.25 bits per heavy atom. The zero-order valence-electron chi connectivity index (χ0n) is 20.6. The Labute approximate surface area is 192 Å². The molecule has 0 spiro atoms. The summed E-state index contributed by atoms with van der Waals surface area (Å²) in [4.78, 5) is 44.2. The van der Waals surface area contributed by atoms with Gasteiger partial charge in [-0.3, -0.25) is 9.59 Å². The van der Waals surface area contributed by atoms with Gasteiger partial charge in [-0.2, -0.15) is 9.81 Å². The van der Waals surface area contributed by atoms with Gasteiger partial charge in [0.1, 0.15) is 12.1 Å². The Balaban J connectivity index is 4.67. The number of carboxylic acids is 1. The van der Waals surface area contributed by atoms with E-state index in [1.54, 1.807) is 13.8 Å². The summed E-state index contributed by atoms with van der Waals surface area (Å²) in [5.74, 6) is -0.734. The number of hydrogen-bond donors (Lipinski definition) is 4. The molecule has 2 atom stereocenters. The summed E-state index contributed by atoms with van der Waals surface area (Å²) in [6.07, 6.45) is 3.00. The minimum atomic E-state index is -0.901. The second kappa shape index (κ2) is 15.0. The molecule has 0 saturated heterocycles. The third kappa shape index (κ3) is 12.8. The molecule has 1 amide bonds. The molecule has 10 heteroatoms. The van der Waals surface area contributed by atoms with Crippen molar-refractivity contribution in [1.29, 1.82) is 0 Å². The summed E-state index contributed by atoms with van der Waals surface area (Å²) < 4.78 is 0. The smallest absolute Gasteiger partial charge is 0.303 e. The Morgan fingerprint density at radius 1 is 0.812 bits per heavy atom. The van der Waals surface area contributed by atoms with E-state index in [9.17, 15) is 19.4 Å². The van der Waals surface area contributed by atoms with E-state index >= 15 is 0 Å². The fourth-order valence-corrected chi connectivity index (χ4v) is 3.09. The highest BCUT2D eigenvalue weighted by Crippen LogP contribution is 2.17. The lowest BCUT2D eigenvalue weighted by molar-refractivity contribution is -0.137. The molecule has 0 aliphatic carbocycles. The molecule has 186 valence electrons. The van der Waals surface area contributed by atoms with Crippen molar-refractivity contribution >= 4 is 11.9 Å². The number of carbonyl (C=O) groups is 2. The van der Waals surface area contributed by atoms with Crippen LogP contribution in [0.5, 0.6) is 0 Å². The van der Waals surface area contributed by atoms with E-state index in [4.69, 9.17) is 5.11 Å². The zero-order chi connectivity index (χ0) is 24.8. The van der Waals surface area contributed by atoms with E-state index in [1.165, 1.54) is 0 Å². The number of carbonyl (C=O) groups excluding carboxylic acids is 1. The normalized spacial score (nSPS) is 14.9. The lowest BCUT2D eigenvalue weighted by Gasteiger charge is -2.31. The second-order valence-corrected chi connectivity index (χ2v) is 9.69. The van der Waals surface area contributed by atoms with Crippen LogP contribution in [0.2, 0.25) is 0 Å². The van der Waals surface area contributed by atoms with Crippen LogP contribution in [0, 0.1) is 15.7 Å². The summed E-state index contributed by atoms with van der Waals surface area (Å²) in [6, 6.07) is -0.711.